The molecule has 8 rings (SSSR count). The summed E-state index contributed by atoms with van der Waals surface area (Å²) in [7, 11) is 6.34. The number of carbonyl (C=O) groups excluding carboxylic acids is 2. The van der Waals surface area contributed by atoms with Crippen molar-refractivity contribution in [2.45, 2.75) is 89.4 Å². The highest BCUT2D eigenvalue weighted by molar-refractivity contribution is 7.21. The van der Waals surface area contributed by atoms with Gasteiger partial charge in [0.05, 0.1) is 58.0 Å². The second-order valence-electron chi connectivity index (χ2n) is 16.7. The van der Waals surface area contributed by atoms with Gasteiger partial charge in [-0.25, -0.2) is 0 Å². The molecule has 1 heterocycles. The van der Waals surface area contributed by atoms with Crippen LogP contribution in [0.3, 0.4) is 0 Å². The topological polar surface area (TPSA) is 115 Å². The molecule has 0 radical (unpaired) electrons. The van der Waals surface area contributed by atoms with Crippen molar-refractivity contribution < 1.29 is 38.7 Å². The lowest BCUT2D eigenvalue weighted by molar-refractivity contribution is -0.140. The van der Waals surface area contributed by atoms with Crippen LogP contribution in [-0.4, -0.2) is 73.5 Å². The number of amides is 1. The number of methoxy groups -OCH3 is 4. The molecule has 1 fully saturated rings. The molecule has 0 spiro atoms. The summed E-state index contributed by atoms with van der Waals surface area (Å²) < 4.78 is 23.4. The van der Waals surface area contributed by atoms with Crippen molar-refractivity contribution in [1.82, 2.24) is 4.90 Å². The van der Waals surface area contributed by atoms with Gasteiger partial charge in [0.2, 0.25) is 11.7 Å². The third-order valence-corrected chi connectivity index (χ3v) is 14.1. The summed E-state index contributed by atoms with van der Waals surface area (Å²) in [5.41, 5.74) is 3.05. The van der Waals surface area contributed by atoms with Crippen molar-refractivity contribution in [2.75, 3.05) is 35.0 Å². The molecule has 316 valence electrons. The number of carbonyl (C=O) groups is 2. The van der Waals surface area contributed by atoms with Gasteiger partial charge in [-0.05, 0) is 122 Å². The fraction of sp³-hybridized carbons (Fsp3) is 0.400. The molecule has 1 aromatic heterocycles. The van der Waals surface area contributed by atoms with Crippen molar-refractivity contribution in [3.63, 3.8) is 0 Å². The second kappa shape index (κ2) is 18.2. The lowest BCUT2D eigenvalue weighted by Crippen LogP contribution is -2.53. The normalized spacial score (nSPS) is 21.8. The lowest BCUT2D eigenvalue weighted by atomic mass is 9.64. The first-order chi connectivity index (χ1) is 28.9. The molecule has 1 saturated carbocycles. The van der Waals surface area contributed by atoms with Crippen molar-refractivity contribution in [3.05, 3.63) is 129 Å². The van der Waals surface area contributed by atoms with E-state index in [2.05, 4.69) is 26.0 Å². The Morgan fingerprint density at radius 2 is 1.63 bits per heavy atom. The van der Waals surface area contributed by atoms with E-state index in [1.54, 1.807) is 45.5 Å². The average Bonchev–Trinajstić information content (AvgIpc) is 3.80. The molecule has 9 nitrogen and oxygen atoms in total. The van der Waals surface area contributed by atoms with E-state index in [4.69, 9.17) is 18.9 Å². The monoisotopic (exact) mass is 831 g/mol. The number of aliphatic hydroxyl groups is 2. The van der Waals surface area contributed by atoms with Gasteiger partial charge in [0, 0.05) is 33.9 Å². The Morgan fingerprint density at radius 3 is 2.38 bits per heavy atom. The molecule has 10 heteroatoms. The van der Waals surface area contributed by atoms with E-state index in [1.807, 2.05) is 66.7 Å². The summed E-state index contributed by atoms with van der Waals surface area (Å²) >= 11 is 1.49. The van der Waals surface area contributed by atoms with Gasteiger partial charge in [-0.2, -0.15) is 0 Å². The van der Waals surface area contributed by atoms with E-state index in [0.29, 0.717) is 72.0 Å². The van der Waals surface area contributed by atoms with Crippen LogP contribution in [0.5, 0.6) is 23.0 Å². The van der Waals surface area contributed by atoms with E-state index in [0.717, 1.165) is 38.8 Å². The summed E-state index contributed by atoms with van der Waals surface area (Å²) in [5.74, 6) is 1.88. The number of allylic oxidation sites excluding steroid dienone is 2. The van der Waals surface area contributed by atoms with Crippen LogP contribution in [0.2, 0.25) is 0 Å². The van der Waals surface area contributed by atoms with E-state index < -0.39 is 17.1 Å². The van der Waals surface area contributed by atoms with Gasteiger partial charge in [0.1, 0.15) is 11.5 Å². The maximum atomic E-state index is 14.8. The smallest absolute Gasteiger partial charge is 0.227 e. The van der Waals surface area contributed by atoms with Gasteiger partial charge in [-0.15, -0.1) is 11.3 Å². The summed E-state index contributed by atoms with van der Waals surface area (Å²) in [5, 5.41) is 25.5. The highest BCUT2D eigenvalue weighted by Gasteiger charge is 2.57. The molecule has 60 heavy (non-hydrogen) atoms. The zero-order chi connectivity index (χ0) is 42.6. The Kier molecular flexibility index (Phi) is 13.0. The molecule has 2 bridgehead atoms. The van der Waals surface area contributed by atoms with Crippen LogP contribution in [0.4, 0.5) is 0 Å². The molecule has 2 N–H and O–H groups in total. The van der Waals surface area contributed by atoms with Crippen LogP contribution in [0.1, 0.15) is 95.8 Å². The van der Waals surface area contributed by atoms with E-state index in [-0.39, 0.29) is 37.1 Å². The molecule has 3 aliphatic carbocycles. The zero-order valence-corrected chi connectivity index (χ0v) is 36.4. The molecule has 5 aromatic rings. The third-order valence-electron chi connectivity index (χ3n) is 13.0. The predicted molar refractivity (Wildman–Crippen MR) is 237 cm³/mol. The summed E-state index contributed by atoms with van der Waals surface area (Å²) in [6, 6.07) is 27.1. The number of aliphatic hydroxyl groups excluding tert-OH is 1. The molecule has 0 unspecified atom stereocenters. The van der Waals surface area contributed by atoms with Gasteiger partial charge in [-0.1, -0.05) is 55.0 Å². The van der Waals surface area contributed by atoms with E-state index in [1.165, 1.54) is 16.9 Å². The number of ether oxygens (including phenoxy) is 4. The predicted octanol–water partition coefficient (Wildman–Crippen LogP) is 9.48. The standard InChI is InChI=1S/C50H57NO8S/c1-32-10-9-22-49(2)41(39-19-14-33(24-37(52)17-13-32)25-40(39)48(54)46-28-35-11-7-8-12-45(35)60-46)21-23-50(49,55)31-51(30-36-16-18-38(56-3)29-43(36)58-5)47(53)27-34-15-20-42(57-4)44(26-34)59-6/h7-8,10-12,14-16,18-20,25-26,28-29,37,41,52,55H,9,13,17,21-24,27,30-31H2,1-6H3/t37-,41-,49-,50+/m0/s1. The number of benzene rings is 4. The summed E-state index contributed by atoms with van der Waals surface area (Å²) in [6.45, 7) is 4.50. The van der Waals surface area contributed by atoms with Crippen LogP contribution in [0.25, 0.3) is 10.1 Å². The van der Waals surface area contributed by atoms with Crippen LogP contribution >= 0.6 is 11.3 Å². The fourth-order valence-corrected chi connectivity index (χ4v) is 10.5. The molecule has 1 amide bonds. The van der Waals surface area contributed by atoms with Crippen LogP contribution in [-0.2, 0) is 24.2 Å². The van der Waals surface area contributed by atoms with E-state index in [9.17, 15) is 19.8 Å². The first-order valence-electron chi connectivity index (χ1n) is 20.8. The van der Waals surface area contributed by atoms with Gasteiger partial charge in [-0.3, -0.25) is 9.59 Å². The Hall–Kier alpha value is -5.16. The lowest BCUT2D eigenvalue weighted by Gasteiger charge is -2.46. The van der Waals surface area contributed by atoms with Gasteiger partial charge >= 0.3 is 0 Å². The largest absolute Gasteiger partial charge is 0.497 e. The van der Waals surface area contributed by atoms with Crippen molar-refractivity contribution in [1.29, 1.82) is 0 Å². The van der Waals surface area contributed by atoms with Gasteiger partial charge < -0.3 is 34.1 Å². The van der Waals surface area contributed by atoms with Crippen LogP contribution < -0.4 is 18.9 Å². The molecule has 4 aromatic carbocycles. The van der Waals surface area contributed by atoms with Gasteiger partial charge in [0.25, 0.3) is 0 Å². The zero-order valence-electron chi connectivity index (χ0n) is 35.6. The first-order valence-corrected chi connectivity index (χ1v) is 21.6. The minimum Gasteiger partial charge on any atom is -0.497 e. The molecular formula is C50H57NO8S. The number of ketones is 1. The quantitative estimate of drug-likeness (QED) is 0.0945. The molecule has 0 aliphatic heterocycles. The fourth-order valence-electron chi connectivity index (χ4n) is 9.44. The molecule has 4 atom stereocenters. The van der Waals surface area contributed by atoms with Crippen molar-refractivity contribution >= 4 is 33.1 Å². The SMILES string of the molecule is COc1ccc(CN(C[C@]2(O)CC[C@H]3c4ccc(cc4C(=O)c4cc5ccccc5s4)C[C@@H](O)CCC(C)=CCC[C@@]32C)C(=O)Cc2ccc(OC)c(OC)c2)c(OC)c1. The maximum Gasteiger partial charge on any atom is 0.227 e. The highest BCUT2D eigenvalue weighted by atomic mass is 32.1. The van der Waals surface area contributed by atoms with Crippen molar-refractivity contribution in [3.8, 4) is 23.0 Å². The maximum absolute atomic E-state index is 14.8. The summed E-state index contributed by atoms with van der Waals surface area (Å²) in [4.78, 5) is 31.9. The van der Waals surface area contributed by atoms with Crippen LogP contribution in [0.15, 0.2) is 96.6 Å². The Bertz CT molecular complexity index is 2350. The Balaban J connectivity index is 1.31. The summed E-state index contributed by atoms with van der Waals surface area (Å²) in [6.07, 6.45) is 5.92. The minimum atomic E-state index is -1.34. The van der Waals surface area contributed by atoms with E-state index >= 15 is 0 Å². The number of nitrogens with zero attached hydrogens (tertiary/aromatic N) is 1. The highest BCUT2D eigenvalue weighted by Crippen LogP contribution is 2.59. The Labute approximate surface area is 357 Å². The average molecular weight is 832 g/mol. The molecular weight excluding hydrogens is 775 g/mol. The third kappa shape index (κ3) is 8.83. The van der Waals surface area contributed by atoms with Crippen LogP contribution in [0, 0.1) is 5.41 Å². The number of hydrogen-bond acceptors (Lipinski definition) is 9. The number of hydrogen-bond donors (Lipinski definition) is 2. The number of fused-ring (bicyclic) bond motifs is 9. The number of thiophene rings is 1. The van der Waals surface area contributed by atoms with Crippen molar-refractivity contribution in [2.24, 2.45) is 5.41 Å². The molecule has 3 aliphatic rings. The van der Waals surface area contributed by atoms with Gasteiger partial charge in [0.15, 0.2) is 11.5 Å². The second-order valence-corrected chi connectivity index (χ2v) is 17.8. The molecule has 0 saturated heterocycles. The Morgan fingerprint density at radius 1 is 0.850 bits per heavy atom. The minimum absolute atomic E-state index is 0.0542. The first kappa shape index (κ1) is 42.9. The number of rotatable bonds is 12.